The quantitative estimate of drug-likeness (QED) is 0.683. The van der Waals surface area contributed by atoms with Gasteiger partial charge in [0.1, 0.15) is 0 Å². The van der Waals surface area contributed by atoms with Crippen molar-refractivity contribution in [3.63, 3.8) is 0 Å². The van der Waals surface area contributed by atoms with E-state index in [1.165, 1.54) is 5.56 Å². The number of nitrogens with one attached hydrogen (secondary N) is 2. The number of hydrogen-bond acceptors (Lipinski definition) is 3. The average Bonchev–Trinajstić information content (AvgIpc) is 3.18. The molecule has 1 saturated heterocycles. The first-order valence-corrected chi connectivity index (χ1v) is 10.9. The molecule has 2 aromatic rings. The molecule has 2 N–H and O–H groups in total. The highest BCUT2D eigenvalue weighted by Crippen LogP contribution is 2.21. The lowest BCUT2D eigenvalue weighted by atomic mass is 10.00. The highest BCUT2D eigenvalue weighted by atomic mass is 16.2. The molecule has 1 unspecified atom stereocenters. The number of carbonyl (C=O) groups excluding carboxylic acids is 3. The van der Waals surface area contributed by atoms with E-state index in [1.807, 2.05) is 19.1 Å². The molecule has 164 valence electrons. The fourth-order valence-corrected chi connectivity index (χ4v) is 3.77. The third-order valence-corrected chi connectivity index (χ3v) is 5.43. The van der Waals surface area contributed by atoms with Gasteiger partial charge >= 0.3 is 0 Å². The van der Waals surface area contributed by atoms with Gasteiger partial charge in [-0.1, -0.05) is 38.1 Å². The summed E-state index contributed by atoms with van der Waals surface area (Å²) in [5, 5.41) is 5.57. The van der Waals surface area contributed by atoms with Crippen LogP contribution in [0.3, 0.4) is 0 Å². The average molecular weight is 422 g/mol. The smallest absolute Gasteiger partial charge is 0.251 e. The molecule has 1 atom stereocenters. The molecular formula is C25H31N3O3. The van der Waals surface area contributed by atoms with Crippen LogP contribution in [0.5, 0.6) is 0 Å². The minimum absolute atomic E-state index is 0.0963. The van der Waals surface area contributed by atoms with E-state index >= 15 is 0 Å². The van der Waals surface area contributed by atoms with Crippen LogP contribution in [0, 0.1) is 5.92 Å². The first-order valence-electron chi connectivity index (χ1n) is 10.9. The lowest BCUT2D eigenvalue weighted by molar-refractivity contribution is -0.120. The van der Waals surface area contributed by atoms with E-state index in [1.54, 1.807) is 29.2 Å². The van der Waals surface area contributed by atoms with Gasteiger partial charge in [0.05, 0.1) is 12.6 Å². The minimum atomic E-state index is -0.319. The number of carbonyl (C=O) groups is 3. The molecule has 6 heteroatoms. The standard InChI is InChI=1S/C25H31N3O3/c1-17(2)15-19-6-8-20(9-7-19)18(3)27-23(29)16-26-25(31)21-10-12-22(13-11-21)28-14-4-5-24(28)30/h6-13,17-18H,4-5,14-16H2,1-3H3,(H,26,31)(H,27,29). The Morgan fingerprint density at radius 3 is 2.26 bits per heavy atom. The molecule has 1 fully saturated rings. The maximum atomic E-state index is 12.4. The summed E-state index contributed by atoms with van der Waals surface area (Å²) < 4.78 is 0. The maximum Gasteiger partial charge on any atom is 0.251 e. The van der Waals surface area contributed by atoms with Crippen molar-refractivity contribution in [1.29, 1.82) is 0 Å². The van der Waals surface area contributed by atoms with E-state index in [9.17, 15) is 14.4 Å². The molecule has 1 heterocycles. The van der Waals surface area contributed by atoms with Crippen LogP contribution in [0.2, 0.25) is 0 Å². The molecule has 2 aromatic carbocycles. The second-order valence-corrected chi connectivity index (χ2v) is 8.51. The Morgan fingerprint density at radius 2 is 1.68 bits per heavy atom. The van der Waals surface area contributed by atoms with E-state index in [4.69, 9.17) is 0 Å². The zero-order valence-corrected chi connectivity index (χ0v) is 18.5. The molecular weight excluding hydrogens is 390 g/mol. The zero-order valence-electron chi connectivity index (χ0n) is 18.5. The Morgan fingerprint density at radius 1 is 1.00 bits per heavy atom. The van der Waals surface area contributed by atoms with Gasteiger partial charge in [-0.25, -0.2) is 0 Å². The molecule has 3 amide bonds. The van der Waals surface area contributed by atoms with Crippen LogP contribution in [0.25, 0.3) is 0 Å². The Labute approximate surface area is 184 Å². The first-order chi connectivity index (χ1) is 14.8. The summed E-state index contributed by atoms with van der Waals surface area (Å²) in [6.45, 7) is 6.92. The van der Waals surface area contributed by atoms with Gasteiger partial charge < -0.3 is 15.5 Å². The van der Waals surface area contributed by atoms with Crippen molar-refractivity contribution in [3.8, 4) is 0 Å². The molecule has 0 aliphatic carbocycles. The molecule has 0 spiro atoms. The fraction of sp³-hybridized carbons (Fsp3) is 0.400. The van der Waals surface area contributed by atoms with Gasteiger partial charge in [0.25, 0.3) is 5.91 Å². The Balaban J connectivity index is 1.47. The van der Waals surface area contributed by atoms with Crippen LogP contribution in [0.15, 0.2) is 48.5 Å². The molecule has 3 rings (SSSR count). The summed E-state index contributed by atoms with van der Waals surface area (Å²) in [5.74, 6) is 0.148. The van der Waals surface area contributed by atoms with E-state index in [0.29, 0.717) is 24.4 Å². The van der Waals surface area contributed by atoms with Crippen LogP contribution >= 0.6 is 0 Å². The number of anilines is 1. The number of nitrogens with zero attached hydrogens (tertiary/aromatic N) is 1. The summed E-state index contributed by atoms with van der Waals surface area (Å²) in [7, 11) is 0. The minimum Gasteiger partial charge on any atom is -0.348 e. The summed E-state index contributed by atoms with van der Waals surface area (Å²) >= 11 is 0. The highest BCUT2D eigenvalue weighted by Gasteiger charge is 2.21. The van der Waals surface area contributed by atoms with Gasteiger partial charge in [0.2, 0.25) is 11.8 Å². The van der Waals surface area contributed by atoms with Crippen molar-refractivity contribution in [2.75, 3.05) is 18.0 Å². The van der Waals surface area contributed by atoms with Gasteiger partial charge in [-0.15, -0.1) is 0 Å². The number of rotatable bonds is 8. The van der Waals surface area contributed by atoms with Crippen LogP contribution in [-0.2, 0) is 16.0 Å². The number of benzene rings is 2. The van der Waals surface area contributed by atoms with Gasteiger partial charge in [-0.3, -0.25) is 14.4 Å². The molecule has 1 aliphatic rings. The highest BCUT2D eigenvalue weighted by molar-refractivity contribution is 5.98. The molecule has 6 nitrogen and oxygen atoms in total. The van der Waals surface area contributed by atoms with Crippen molar-refractivity contribution in [1.82, 2.24) is 10.6 Å². The summed E-state index contributed by atoms with van der Waals surface area (Å²) in [5.41, 5.74) is 3.56. The maximum absolute atomic E-state index is 12.4. The SMILES string of the molecule is CC(C)Cc1ccc(C(C)NC(=O)CNC(=O)c2ccc(N3CCCC3=O)cc2)cc1. The van der Waals surface area contributed by atoms with E-state index < -0.39 is 0 Å². The fourth-order valence-electron chi connectivity index (χ4n) is 3.77. The van der Waals surface area contributed by atoms with Crippen LogP contribution < -0.4 is 15.5 Å². The lowest BCUT2D eigenvalue weighted by Crippen LogP contribution is -2.38. The molecule has 31 heavy (non-hydrogen) atoms. The third-order valence-electron chi connectivity index (χ3n) is 5.43. The summed E-state index contributed by atoms with van der Waals surface area (Å²) in [4.78, 5) is 38.2. The normalized spacial score (nSPS) is 14.6. The molecule has 0 saturated carbocycles. The third kappa shape index (κ3) is 6.17. The predicted molar refractivity (Wildman–Crippen MR) is 122 cm³/mol. The van der Waals surface area contributed by atoms with Gasteiger partial charge in [0.15, 0.2) is 0 Å². The van der Waals surface area contributed by atoms with E-state index in [2.05, 4.69) is 36.6 Å². The Bertz CT molecular complexity index is 920. The van der Waals surface area contributed by atoms with Gasteiger partial charge in [-0.2, -0.15) is 0 Å². The van der Waals surface area contributed by atoms with Crippen molar-refractivity contribution in [2.45, 2.75) is 46.1 Å². The zero-order chi connectivity index (χ0) is 22.4. The van der Waals surface area contributed by atoms with Crippen molar-refractivity contribution in [3.05, 3.63) is 65.2 Å². The van der Waals surface area contributed by atoms with Crippen LogP contribution in [0.4, 0.5) is 5.69 Å². The van der Waals surface area contributed by atoms with Crippen molar-refractivity contribution >= 4 is 23.4 Å². The number of amides is 3. The second kappa shape index (κ2) is 10.2. The van der Waals surface area contributed by atoms with Crippen LogP contribution in [-0.4, -0.2) is 30.8 Å². The molecule has 0 bridgehead atoms. The summed E-state index contributed by atoms with van der Waals surface area (Å²) in [6, 6.07) is 15.0. The van der Waals surface area contributed by atoms with Crippen molar-refractivity contribution < 1.29 is 14.4 Å². The Hall–Kier alpha value is -3.15. The first kappa shape index (κ1) is 22.5. The Kier molecular flexibility index (Phi) is 7.45. The number of hydrogen-bond donors (Lipinski definition) is 2. The van der Waals surface area contributed by atoms with Gasteiger partial charge in [0, 0.05) is 24.2 Å². The summed E-state index contributed by atoms with van der Waals surface area (Å²) in [6.07, 6.45) is 2.46. The second-order valence-electron chi connectivity index (χ2n) is 8.51. The van der Waals surface area contributed by atoms with Crippen LogP contribution in [0.1, 0.15) is 61.1 Å². The van der Waals surface area contributed by atoms with E-state index in [-0.39, 0.29) is 30.3 Å². The lowest BCUT2D eigenvalue weighted by Gasteiger charge is -2.16. The largest absolute Gasteiger partial charge is 0.348 e. The molecule has 1 aliphatic heterocycles. The molecule has 0 aromatic heterocycles. The topological polar surface area (TPSA) is 78.5 Å². The molecule has 0 radical (unpaired) electrons. The van der Waals surface area contributed by atoms with E-state index in [0.717, 1.165) is 24.1 Å². The van der Waals surface area contributed by atoms with Crippen molar-refractivity contribution in [2.24, 2.45) is 5.92 Å². The monoisotopic (exact) mass is 421 g/mol. The predicted octanol–water partition coefficient (Wildman–Crippen LogP) is 3.62. The van der Waals surface area contributed by atoms with Gasteiger partial charge in [-0.05, 0) is 61.1 Å².